The lowest BCUT2D eigenvalue weighted by Gasteiger charge is -2.28. The summed E-state index contributed by atoms with van der Waals surface area (Å²) in [6.45, 7) is 21.9. The van der Waals surface area contributed by atoms with Crippen LogP contribution in [0.2, 0.25) is 0 Å². The summed E-state index contributed by atoms with van der Waals surface area (Å²) in [5.74, 6) is 1.50. The topological polar surface area (TPSA) is 40.5 Å². The minimum Gasteiger partial charge on any atom is -0.507 e. The highest BCUT2D eigenvalue weighted by Crippen LogP contribution is 2.48. The van der Waals surface area contributed by atoms with Crippen LogP contribution in [0.3, 0.4) is 0 Å². The van der Waals surface area contributed by atoms with Crippen molar-refractivity contribution >= 4 is 0 Å². The molecule has 0 spiro atoms. The van der Waals surface area contributed by atoms with Crippen LogP contribution >= 0.6 is 0 Å². The first-order chi connectivity index (χ1) is 15.8. The van der Waals surface area contributed by atoms with Crippen molar-refractivity contribution < 1.29 is 10.2 Å². The number of benzene rings is 2. The van der Waals surface area contributed by atoms with E-state index in [4.69, 9.17) is 0 Å². The molecule has 0 saturated heterocycles. The number of hydrogen-bond acceptors (Lipinski definition) is 2. The zero-order valence-electron chi connectivity index (χ0n) is 23.6. The molecule has 0 aliphatic heterocycles. The first kappa shape index (κ1) is 28.3. The number of hydrogen-bond donors (Lipinski definition) is 2. The van der Waals surface area contributed by atoms with Crippen molar-refractivity contribution in [2.24, 2.45) is 0 Å². The molecule has 0 aliphatic rings. The van der Waals surface area contributed by atoms with E-state index in [9.17, 15) is 10.2 Å². The second kappa shape index (κ2) is 11.2. The molecule has 2 unspecified atom stereocenters. The third kappa shape index (κ3) is 6.18. The van der Waals surface area contributed by atoms with Crippen LogP contribution in [0.25, 0.3) is 11.1 Å². The molecule has 0 heterocycles. The van der Waals surface area contributed by atoms with Crippen molar-refractivity contribution in [3.05, 3.63) is 46.5 Å². The predicted octanol–water partition coefficient (Wildman–Crippen LogP) is 9.95. The van der Waals surface area contributed by atoms with Crippen molar-refractivity contribution in [2.45, 2.75) is 130 Å². The lowest BCUT2D eigenvalue weighted by molar-refractivity contribution is 0.439. The molecule has 2 heteroatoms. The quantitative estimate of drug-likeness (QED) is 0.386. The van der Waals surface area contributed by atoms with Gasteiger partial charge in [0, 0.05) is 22.3 Å². The van der Waals surface area contributed by atoms with E-state index in [0.29, 0.717) is 23.3 Å². The molecule has 2 aromatic rings. The second-order valence-corrected chi connectivity index (χ2v) is 12.2. The summed E-state index contributed by atoms with van der Waals surface area (Å²) >= 11 is 0. The molecular weight excluding hydrogens is 416 g/mol. The van der Waals surface area contributed by atoms with Gasteiger partial charge < -0.3 is 10.2 Å². The normalized spacial score (nSPS) is 14.3. The summed E-state index contributed by atoms with van der Waals surface area (Å²) < 4.78 is 0. The molecule has 2 rings (SSSR count). The summed E-state index contributed by atoms with van der Waals surface area (Å²) in [6.07, 6.45) is 6.63. The number of rotatable bonds is 9. The van der Waals surface area contributed by atoms with Crippen molar-refractivity contribution in [2.75, 3.05) is 0 Å². The highest BCUT2D eigenvalue weighted by Gasteiger charge is 2.28. The fourth-order valence-corrected chi connectivity index (χ4v) is 5.25. The van der Waals surface area contributed by atoms with Gasteiger partial charge in [0.1, 0.15) is 11.5 Å². The highest BCUT2D eigenvalue weighted by atomic mass is 16.3. The number of phenolic OH excluding ortho intramolecular Hbond substituents is 2. The summed E-state index contributed by atoms with van der Waals surface area (Å²) in [7, 11) is 0. The molecule has 0 bridgehead atoms. The van der Waals surface area contributed by atoms with Gasteiger partial charge in [-0.3, -0.25) is 0 Å². The van der Waals surface area contributed by atoms with Crippen molar-refractivity contribution in [1.82, 2.24) is 0 Å². The van der Waals surface area contributed by atoms with E-state index >= 15 is 0 Å². The van der Waals surface area contributed by atoms with Gasteiger partial charge in [-0.05, 0) is 71.6 Å². The molecule has 0 amide bonds. The molecule has 2 atom stereocenters. The molecule has 2 aromatic carbocycles. The van der Waals surface area contributed by atoms with Crippen LogP contribution in [0.5, 0.6) is 11.5 Å². The minimum absolute atomic E-state index is 0.201. The Morgan fingerprint density at radius 1 is 0.588 bits per heavy atom. The Bertz CT molecular complexity index is 877. The molecular formula is C32H50O2. The van der Waals surface area contributed by atoms with Gasteiger partial charge in [-0.25, -0.2) is 0 Å². The van der Waals surface area contributed by atoms with Gasteiger partial charge in [-0.1, -0.05) is 94.2 Å². The Kier molecular flexibility index (Phi) is 9.30. The Balaban J connectivity index is 2.95. The second-order valence-electron chi connectivity index (χ2n) is 12.2. The SMILES string of the molecule is CCCC(CC)c1cc(-c2cc(C(CC)CCC)cc(C(C)(C)C)c2O)c(O)c(C(C)(C)C)c1. The largest absolute Gasteiger partial charge is 0.507 e. The first-order valence-corrected chi connectivity index (χ1v) is 13.5. The van der Waals surface area contributed by atoms with Crippen LogP contribution in [-0.2, 0) is 10.8 Å². The third-order valence-corrected chi connectivity index (χ3v) is 7.37. The average Bonchev–Trinajstić information content (AvgIpc) is 2.75. The van der Waals surface area contributed by atoms with Crippen LogP contribution in [0.15, 0.2) is 24.3 Å². The Morgan fingerprint density at radius 3 is 1.15 bits per heavy atom. The molecule has 0 radical (unpaired) electrons. The van der Waals surface area contributed by atoms with Gasteiger partial charge in [0.05, 0.1) is 0 Å². The molecule has 2 nitrogen and oxygen atoms in total. The monoisotopic (exact) mass is 466 g/mol. The average molecular weight is 467 g/mol. The summed E-state index contributed by atoms with van der Waals surface area (Å²) in [6, 6.07) is 8.72. The summed E-state index contributed by atoms with van der Waals surface area (Å²) in [5.41, 5.74) is 5.59. The van der Waals surface area contributed by atoms with Crippen LogP contribution in [0.4, 0.5) is 0 Å². The number of aromatic hydroxyl groups is 2. The van der Waals surface area contributed by atoms with Gasteiger partial charge in [0.15, 0.2) is 0 Å². The van der Waals surface area contributed by atoms with E-state index in [1.54, 1.807) is 0 Å². The lowest BCUT2D eigenvalue weighted by Crippen LogP contribution is -2.15. The minimum atomic E-state index is -0.201. The molecule has 2 N–H and O–H groups in total. The van der Waals surface area contributed by atoms with Crippen LogP contribution in [0.1, 0.15) is 142 Å². The van der Waals surface area contributed by atoms with Gasteiger partial charge in [0.2, 0.25) is 0 Å². The van der Waals surface area contributed by atoms with Crippen molar-refractivity contribution in [1.29, 1.82) is 0 Å². The maximum Gasteiger partial charge on any atom is 0.127 e. The van der Waals surface area contributed by atoms with Gasteiger partial charge in [-0.15, -0.1) is 0 Å². The van der Waals surface area contributed by atoms with E-state index in [1.807, 2.05) is 0 Å². The Hall–Kier alpha value is -1.96. The fraction of sp³-hybridized carbons (Fsp3) is 0.625. The Labute approximate surface area is 209 Å². The summed E-state index contributed by atoms with van der Waals surface area (Å²) in [4.78, 5) is 0. The third-order valence-electron chi connectivity index (χ3n) is 7.37. The molecule has 190 valence electrons. The summed E-state index contributed by atoms with van der Waals surface area (Å²) in [5, 5.41) is 23.2. The lowest BCUT2D eigenvalue weighted by atomic mass is 9.77. The number of phenols is 2. The smallest absolute Gasteiger partial charge is 0.127 e. The molecule has 0 aliphatic carbocycles. The van der Waals surface area contributed by atoms with Gasteiger partial charge in [-0.2, -0.15) is 0 Å². The van der Waals surface area contributed by atoms with Gasteiger partial charge in [0.25, 0.3) is 0 Å². The zero-order valence-corrected chi connectivity index (χ0v) is 23.6. The fourth-order valence-electron chi connectivity index (χ4n) is 5.25. The maximum atomic E-state index is 11.6. The van der Waals surface area contributed by atoms with Crippen LogP contribution < -0.4 is 0 Å². The van der Waals surface area contributed by atoms with Crippen molar-refractivity contribution in [3.63, 3.8) is 0 Å². The predicted molar refractivity (Wildman–Crippen MR) is 148 cm³/mol. The molecule has 0 fully saturated rings. The first-order valence-electron chi connectivity index (χ1n) is 13.5. The maximum absolute atomic E-state index is 11.6. The standard InChI is InChI=1S/C32H50O2/c1-11-15-21(13-3)23-17-25(29(33)27(19-23)31(5,6)7)26-18-24(22(14-4)16-12-2)20-28(30(26)34)32(8,9)10/h17-22,33-34H,11-16H2,1-10H3. The van der Waals surface area contributed by atoms with E-state index in [2.05, 4.69) is 93.5 Å². The van der Waals surface area contributed by atoms with E-state index in [0.717, 1.165) is 60.8 Å². The zero-order chi connectivity index (χ0) is 25.8. The Morgan fingerprint density at radius 2 is 0.912 bits per heavy atom. The van der Waals surface area contributed by atoms with Crippen LogP contribution in [0, 0.1) is 0 Å². The van der Waals surface area contributed by atoms with E-state index in [-0.39, 0.29) is 10.8 Å². The van der Waals surface area contributed by atoms with E-state index in [1.165, 1.54) is 11.1 Å². The molecule has 0 aromatic heterocycles. The van der Waals surface area contributed by atoms with E-state index < -0.39 is 0 Å². The van der Waals surface area contributed by atoms with Crippen molar-refractivity contribution in [3.8, 4) is 22.6 Å². The highest BCUT2D eigenvalue weighted by molar-refractivity contribution is 5.80. The van der Waals surface area contributed by atoms with Gasteiger partial charge >= 0.3 is 0 Å². The molecule has 34 heavy (non-hydrogen) atoms. The molecule has 0 saturated carbocycles. The van der Waals surface area contributed by atoms with Crippen LogP contribution in [-0.4, -0.2) is 10.2 Å².